The van der Waals surface area contributed by atoms with E-state index in [2.05, 4.69) is 15.0 Å². The number of rotatable bonds is 7. The number of para-hydroxylation sites is 1. The molecule has 1 aliphatic rings. The predicted molar refractivity (Wildman–Crippen MR) is 122 cm³/mol. The van der Waals surface area contributed by atoms with E-state index in [1.807, 2.05) is 48.5 Å². The van der Waals surface area contributed by atoms with Crippen molar-refractivity contribution in [2.24, 2.45) is 5.73 Å². The standard InChI is InChI=1S/C23H25ClN6O2/c24-19-8-5-17(6-9-19)7-10-22(31)30-12-11-28(14-21(30)23(25)32)20-4-2-1-3-18(20)13-29-16-26-15-27-29/h1-6,8-9,15-16,21H,7,10-14H2,(H2,25,32). The van der Waals surface area contributed by atoms with Crippen molar-refractivity contribution in [2.75, 3.05) is 24.5 Å². The molecule has 1 saturated heterocycles. The summed E-state index contributed by atoms with van der Waals surface area (Å²) in [4.78, 5) is 32.9. The Morgan fingerprint density at radius 1 is 1.09 bits per heavy atom. The molecular weight excluding hydrogens is 428 g/mol. The summed E-state index contributed by atoms with van der Waals surface area (Å²) in [6.07, 6.45) is 4.07. The number of primary amides is 1. The molecule has 0 aliphatic carbocycles. The van der Waals surface area contributed by atoms with Crippen LogP contribution in [0.2, 0.25) is 5.02 Å². The second kappa shape index (κ2) is 9.82. The minimum atomic E-state index is -0.680. The van der Waals surface area contributed by atoms with Gasteiger partial charge in [-0.05, 0) is 35.7 Å². The quantitative estimate of drug-likeness (QED) is 0.592. The van der Waals surface area contributed by atoms with Gasteiger partial charge in [0.2, 0.25) is 11.8 Å². The van der Waals surface area contributed by atoms with Crippen LogP contribution in [-0.2, 0) is 22.6 Å². The van der Waals surface area contributed by atoms with E-state index in [9.17, 15) is 9.59 Å². The summed E-state index contributed by atoms with van der Waals surface area (Å²) >= 11 is 5.93. The zero-order valence-electron chi connectivity index (χ0n) is 17.6. The lowest BCUT2D eigenvalue weighted by atomic mass is 10.1. The molecule has 0 bridgehead atoms. The minimum absolute atomic E-state index is 0.0701. The third kappa shape index (κ3) is 5.08. The second-order valence-corrected chi connectivity index (χ2v) is 8.24. The number of benzene rings is 2. The fraction of sp³-hybridized carbons (Fsp3) is 0.304. The summed E-state index contributed by atoms with van der Waals surface area (Å²) in [5.74, 6) is -0.567. The second-order valence-electron chi connectivity index (χ2n) is 7.80. The third-order valence-electron chi connectivity index (χ3n) is 5.70. The Kier molecular flexibility index (Phi) is 6.70. The Balaban J connectivity index is 1.45. The number of carbonyl (C=O) groups is 2. The number of hydrogen-bond acceptors (Lipinski definition) is 5. The number of anilines is 1. The lowest BCUT2D eigenvalue weighted by Crippen LogP contribution is -2.60. The summed E-state index contributed by atoms with van der Waals surface area (Å²) in [7, 11) is 0. The molecule has 2 heterocycles. The van der Waals surface area contributed by atoms with Crippen LogP contribution in [0.4, 0.5) is 5.69 Å². The van der Waals surface area contributed by atoms with Crippen molar-refractivity contribution in [1.82, 2.24) is 19.7 Å². The first-order chi connectivity index (χ1) is 15.5. The van der Waals surface area contributed by atoms with Crippen molar-refractivity contribution in [3.05, 3.63) is 77.3 Å². The maximum atomic E-state index is 12.9. The lowest BCUT2D eigenvalue weighted by molar-refractivity contribution is -0.139. The van der Waals surface area contributed by atoms with Gasteiger partial charge in [-0.3, -0.25) is 9.59 Å². The van der Waals surface area contributed by atoms with Crippen LogP contribution in [0.5, 0.6) is 0 Å². The molecular formula is C23H25ClN6O2. The summed E-state index contributed by atoms with van der Waals surface area (Å²) in [5.41, 5.74) is 8.80. The number of aryl methyl sites for hydroxylation is 1. The van der Waals surface area contributed by atoms with Crippen LogP contribution in [0.25, 0.3) is 0 Å². The summed E-state index contributed by atoms with van der Waals surface area (Å²) in [6.45, 7) is 1.98. The van der Waals surface area contributed by atoms with Gasteiger partial charge in [0.1, 0.15) is 18.7 Å². The van der Waals surface area contributed by atoms with Gasteiger partial charge in [-0.15, -0.1) is 0 Å². The highest BCUT2D eigenvalue weighted by Gasteiger charge is 2.34. The number of nitrogens with zero attached hydrogens (tertiary/aromatic N) is 5. The first-order valence-corrected chi connectivity index (χ1v) is 10.9. The maximum absolute atomic E-state index is 12.9. The molecule has 1 fully saturated rings. The number of amides is 2. The average Bonchev–Trinajstić information content (AvgIpc) is 3.31. The monoisotopic (exact) mass is 452 g/mol. The average molecular weight is 453 g/mol. The summed E-state index contributed by atoms with van der Waals surface area (Å²) in [6, 6.07) is 14.7. The van der Waals surface area contributed by atoms with Crippen molar-refractivity contribution in [2.45, 2.75) is 25.4 Å². The summed E-state index contributed by atoms with van der Waals surface area (Å²) < 4.78 is 1.75. The van der Waals surface area contributed by atoms with Gasteiger partial charge >= 0.3 is 0 Å². The summed E-state index contributed by atoms with van der Waals surface area (Å²) in [5, 5.41) is 4.84. The molecule has 2 aromatic carbocycles. The Bertz CT molecular complexity index is 1070. The van der Waals surface area contributed by atoms with Crippen LogP contribution in [-0.4, -0.2) is 57.2 Å². The number of piperazine rings is 1. The van der Waals surface area contributed by atoms with Gasteiger partial charge in [0.05, 0.1) is 6.54 Å². The van der Waals surface area contributed by atoms with Crippen LogP contribution >= 0.6 is 11.6 Å². The third-order valence-corrected chi connectivity index (χ3v) is 5.95. The molecule has 32 heavy (non-hydrogen) atoms. The molecule has 0 radical (unpaired) electrons. The van der Waals surface area contributed by atoms with Crippen molar-refractivity contribution < 1.29 is 9.59 Å². The number of carbonyl (C=O) groups excluding carboxylic acids is 2. The van der Waals surface area contributed by atoms with E-state index < -0.39 is 11.9 Å². The number of aromatic nitrogens is 3. The molecule has 1 aromatic heterocycles. The van der Waals surface area contributed by atoms with E-state index in [0.717, 1.165) is 16.8 Å². The molecule has 4 rings (SSSR count). The fourth-order valence-corrected chi connectivity index (χ4v) is 4.16. The lowest BCUT2D eigenvalue weighted by Gasteiger charge is -2.41. The first kappa shape index (κ1) is 21.8. The number of hydrogen-bond donors (Lipinski definition) is 1. The van der Waals surface area contributed by atoms with Crippen LogP contribution in [0, 0.1) is 0 Å². The molecule has 9 heteroatoms. The van der Waals surface area contributed by atoms with E-state index >= 15 is 0 Å². The van der Waals surface area contributed by atoms with Crippen LogP contribution in [0.15, 0.2) is 61.2 Å². The van der Waals surface area contributed by atoms with Crippen molar-refractivity contribution in [3.8, 4) is 0 Å². The highest BCUT2D eigenvalue weighted by molar-refractivity contribution is 6.30. The minimum Gasteiger partial charge on any atom is -0.368 e. The van der Waals surface area contributed by atoms with Crippen LogP contribution in [0.3, 0.4) is 0 Å². The highest BCUT2D eigenvalue weighted by atomic mass is 35.5. The molecule has 3 aromatic rings. The Morgan fingerprint density at radius 2 is 1.88 bits per heavy atom. The molecule has 0 spiro atoms. The van der Waals surface area contributed by atoms with E-state index in [0.29, 0.717) is 44.0 Å². The zero-order chi connectivity index (χ0) is 22.5. The largest absolute Gasteiger partial charge is 0.368 e. The Labute approximate surface area is 191 Å². The van der Waals surface area contributed by atoms with Gasteiger partial charge in [-0.1, -0.05) is 41.9 Å². The van der Waals surface area contributed by atoms with E-state index in [4.69, 9.17) is 17.3 Å². The topological polar surface area (TPSA) is 97.3 Å². The van der Waals surface area contributed by atoms with Crippen molar-refractivity contribution in [3.63, 3.8) is 0 Å². The van der Waals surface area contributed by atoms with Gasteiger partial charge in [-0.2, -0.15) is 5.10 Å². The van der Waals surface area contributed by atoms with Gasteiger partial charge in [0.15, 0.2) is 0 Å². The Morgan fingerprint density at radius 3 is 2.59 bits per heavy atom. The normalized spacial score (nSPS) is 16.2. The molecule has 2 amide bonds. The van der Waals surface area contributed by atoms with Gasteiger partial charge < -0.3 is 15.5 Å². The molecule has 1 aliphatic heterocycles. The van der Waals surface area contributed by atoms with Crippen molar-refractivity contribution >= 4 is 29.1 Å². The Hall–Kier alpha value is -3.39. The zero-order valence-corrected chi connectivity index (χ0v) is 18.4. The predicted octanol–water partition coefficient (Wildman–Crippen LogP) is 2.12. The highest BCUT2D eigenvalue weighted by Crippen LogP contribution is 2.25. The van der Waals surface area contributed by atoms with E-state index in [1.54, 1.807) is 15.9 Å². The smallest absolute Gasteiger partial charge is 0.242 e. The van der Waals surface area contributed by atoms with Gasteiger partial charge in [0.25, 0.3) is 0 Å². The molecule has 1 unspecified atom stereocenters. The van der Waals surface area contributed by atoms with Crippen LogP contribution in [0.1, 0.15) is 17.5 Å². The van der Waals surface area contributed by atoms with Crippen molar-refractivity contribution in [1.29, 1.82) is 0 Å². The van der Waals surface area contributed by atoms with E-state index in [-0.39, 0.29) is 5.91 Å². The van der Waals surface area contributed by atoms with Crippen LogP contribution < -0.4 is 10.6 Å². The first-order valence-electron chi connectivity index (χ1n) is 10.5. The molecule has 166 valence electrons. The SMILES string of the molecule is NC(=O)C1CN(c2ccccc2Cn2cncn2)CCN1C(=O)CCc1ccc(Cl)cc1. The fourth-order valence-electron chi connectivity index (χ4n) is 4.03. The number of halogens is 1. The van der Waals surface area contributed by atoms with Gasteiger partial charge in [-0.25, -0.2) is 9.67 Å². The van der Waals surface area contributed by atoms with Gasteiger partial charge in [0, 0.05) is 36.8 Å². The number of nitrogens with two attached hydrogens (primary N) is 1. The maximum Gasteiger partial charge on any atom is 0.242 e. The van der Waals surface area contributed by atoms with E-state index in [1.165, 1.54) is 6.33 Å². The molecule has 8 nitrogen and oxygen atoms in total. The molecule has 1 atom stereocenters. The molecule has 2 N–H and O–H groups in total. The molecule has 0 saturated carbocycles.